The predicted octanol–water partition coefficient (Wildman–Crippen LogP) is 1.83. The predicted molar refractivity (Wildman–Crippen MR) is 54.1 cm³/mol. The maximum Gasteiger partial charge on any atom is 0.0685 e. The monoisotopic (exact) mass is 179 g/mol. The summed E-state index contributed by atoms with van der Waals surface area (Å²) in [6, 6.07) is 7.79. The van der Waals surface area contributed by atoms with Gasteiger partial charge < -0.3 is 10.8 Å². The fourth-order valence-corrected chi connectivity index (χ4v) is 1.36. The average Bonchev–Trinajstić information content (AvgIpc) is 2.16. The highest BCUT2D eigenvalue weighted by molar-refractivity contribution is 5.29. The van der Waals surface area contributed by atoms with E-state index in [-0.39, 0.29) is 12.6 Å². The quantitative estimate of drug-likeness (QED) is 0.743. The zero-order valence-electron chi connectivity index (χ0n) is 8.20. The Morgan fingerprint density at radius 2 is 1.92 bits per heavy atom. The van der Waals surface area contributed by atoms with E-state index in [0.29, 0.717) is 5.92 Å². The second kappa shape index (κ2) is 4.40. The van der Waals surface area contributed by atoms with Crippen LogP contribution >= 0.6 is 0 Å². The van der Waals surface area contributed by atoms with E-state index in [1.165, 1.54) is 0 Å². The maximum absolute atomic E-state index is 9.09. The fraction of sp³-hybridized carbons (Fsp3) is 0.455. The molecule has 13 heavy (non-hydrogen) atoms. The van der Waals surface area contributed by atoms with Crippen LogP contribution < -0.4 is 5.73 Å². The van der Waals surface area contributed by atoms with E-state index in [9.17, 15) is 0 Å². The lowest BCUT2D eigenvalue weighted by Gasteiger charge is -2.18. The van der Waals surface area contributed by atoms with Crippen molar-refractivity contribution in [2.24, 2.45) is 11.7 Å². The summed E-state index contributed by atoms with van der Waals surface area (Å²) in [5.74, 6) is 0.396. The SMILES string of the molecule is CC(C)[C@@H](N)c1ccccc1CO. The van der Waals surface area contributed by atoms with Gasteiger partial charge in [0, 0.05) is 6.04 Å². The summed E-state index contributed by atoms with van der Waals surface area (Å²) in [5, 5.41) is 9.09. The Kier molecular flexibility index (Phi) is 3.46. The number of hydrogen-bond acceptors (Lipinski definition) is 2. The minimum Gasteiger partial charge on any atom is -0.392 e. The second-order valence-electron chi connectivity index (χ2n) is 3.63. The highest BCUT2D eigenvalue weighted by Gasteiger charge is 2.12. The van der Waals surface area contributed by atoms with Crippen molar-refractivity contribution in [3.8, 4) is 0 Å². The molecule has 0 saturated carbocycles. The Balaban J connectivity index is 2.98. The summed E-state index contributed by atoms with van der Waals surface area (Å²) in [5.41, 5.74) is 7.99. The molecule has 0 saturated heterocycles. The molecule has 1 aromatic rings. The number of nitrogens with two attached hydrogens (primary N) is 1. The molecule has 0 aliphatic rings. The van der Waals surface area contributed by atoms with Crippen molar-refractivity contribution in [3.63, 3.8) is 0 Å². The summed E-state index contributed by atoms with van der Waals surface area (Å²) in [6.07, 6.45) is 0. The van der Waals surface area contributed by atoms with Crippen molar-refractivity contribution in [2.45, 2.75) is 26.5 Å². The van der Waals surface area contributed by atoms with E-state index in [1.54, 1.807) is 0 Å². The fourth-order valence-electron chi connectivity index (χ4n) is 1.36. The Bertz CT molecular complexity index is 271. The van der Waals surface area contributed by atoms with Crippen molar-refractivity contribution < 1.29 is 5.11 Å². The first kappa shape index (κ1) is 10.2. The molecule has 0 aliphatic carbocycles. The Morgan fingerprint density at radius 3 is 2.46 bits per heavy atom. The second-order valence-corrected chi connectivity index (χ2v) is 3.63. The average molecular weight is 179 g/mol. The summed E-state index contributed by atoms with van der Waals surface area (Å²) in [4.78, 5) is 0. The first-order valence-corrected chi connectivity index (χ1v) is 4.61. The molecule has 0 radical (unpaired) electrons. The number of aliphatic hydroxyl groups is 1. The van der Waals surface area contributed by atoms with Crippen LogP contribution in [0, 0.1) is 5.92 Å². The van der Waals surface area contributed by atoms with E-state index in [1.807, 2.05) is 24.3 Å². The molecule has 0 unspecified atom stereocenters. The molecule has 0 amide bonds. The highest BCUT2D eigenvalue weighted by atomic mass is 16.3. The van der Waals surface area contributed by atoms with E-state index >= 15 is 0 Å². The Hall–Kier alpha value is -0.860. The van der Waals surface area contributed by atoms with Gasteiger partial charge in [0.05, 0.1) is 6.61 Å². The largest absolute Gasteiger partial charge is 0.392 e. The molecule has 0 aliphatic heterocycles. The van der Waals surface area contributed by atoms with Crippen LogP contribution in [0.2, 0.25) is 0 Å². The van der Waals surface area contributed by atoms with Crippen LogP contribution in [-0.4, -0.2) is 5.11 Å². The lowest BCUT2D eigenvalue weighted by atomic mass is 9.93. The van der Waals surface area contributed by atoms with Crippen LogP contribution in [0.25, 0.3) is 0 Å². The van der Waals surface area contributed by atoms with Gasteiger partial charge in [-0.2, -0.15) is 0 Å². The third-order valence-electron chi connectivity index (χ3n) is 2.30. The summed E-state index contributed by atoms with van der Waals surface area (Å²) in [7, 11) is 0. The van der Waals surface area contributed by atoms with Gasteiger partial charge in [-0.3, -0.25) is 0 Å². The first-order chi connectivity index (χ1) is 6.16. The topological polar surface area (TPSA) is 46.2 Å². The lowest BCUT2D eigenvalue weighted by molar-refractivity contribution is 0.279. The van der Waals surface area contributed by atoms with Crippen LogP contribution in [0.1, 0.15) is 31.0 Å². The van der Waals surface area contributed by atoms with Gasteiger partial charge in [-0.05, 0) is 17.0 Å². The minimum absolute atomic E-state index is 0.0170. The molecule has 2 heteroatoms. The number of hydrogen-bond donors (Lipinski definition) is 2. The van der Waals surface area contributed by atoms with Gasteiger partial charge in [-0.15, -0.1) is 0 Å². The minimum atomic E-state index is 0.0170. The van der Waals surface area contributed by atoms with E-state index < -0.39 is 0 Å². The zero-order valence-corrected chi connectivity index (χ0v) is 8.20. The zero-order chi connectivity index (χ0) is 9.84. The molecule has 3 N–H and O–H groups in total. The smallest absolute Gasteiger partial charge is 0.0685 e. The van der Waals surface area contributed by atoms with Gasteiger partial charge in [0.2, 0.25) is 0 Å². The highest BCUT2D eigenvalue weighted by Crippen LogP contribution is 2.22. The molecule has 2 nitrogen and oxygen atoms in total. The molecule has 1 rings (SSSR count). The van der Waals surface area contributed by atoms with Crippen LogP contribution in [-0.2, 0) is 6.61 Å². The lowest BCUT2D eigenvalue weighted by Crippen LogP contribution is -2.18. The van der Waals surface area contributed by atoms with Gasteiger partial charge in [-0.25, -0.2) is 0 Å². The number of aliphatic hydroxyl groups excluding tert-OH is 1. The summed E-state index contributed by atoms with van der Waals surface area (Å²) < 4.78 is 0. The van der Waals surface area contributed by atoms with E-state index in [0.717, 1.165) is 11.1 Å². The maximum atomic E-state index is 9.09. The Morgan fingerprint density at radius 1 is 1.31 bits per heavy atom. The molecular weight excluding hydrogens is 162 g/mol. The molecule has 0 aromatic heterocycles. The van der Waals surface area contributed by atoms with Gasteiger partial charge in [0.25, 0.3) is 0 Å². The van der Waals surface area contributed by atoms with Crippen LogP contribution in [0.4, 0.5) is 0 Å². The molecule has 1 aromatic carbocycles. The molecule has 72 valence electrons. The van der Waals surface area contributed by atoms with Gasteiger partial charge >= 0.3 is 0 Å². The van der Waals surface area contributed by atoms with Crippen LogP contribution in [0.5, 0.6) is 0 Å². The molecular formula is C11H17NO. The number of rotatable bonds is 3. The Labute approximate surface area is 79.4 Å². The van der Waals surface area contributed by atoms with Gasteiger partial charge in [0.15, 0.2) is 0 Å². The molecule has 0 bridgehead atoms. The van der Waals surface area contributed by atoms with Crippen molar-refractivity contribution in [1.29, 1.82) is 0 Å². The standard InChI is InChI=1S/C11H17NO/c1-8(2)11(12)10-6-4-3-5-9(10)7-13/h3-6,8,11,13H,7,12H2,1-2H3/t11-/m1/s1. The van der Waals surface area contributed by atoms with Crippen LogP contribution in [0.3, 0.4) is 0 Å². The summed E-state index contributed by atoms with van der Waals surface area (Å²) >= 11 is 0. The van der Waals surface area contributed by atoms with Crippen molar-refractivity contribution in [2.75, 3.05) is 0 Å². The summed E-state index contributed by atoms with van der Waals surface area (Å²) in [6.45, 7) is 4.23. The van der Waals surface area contributed by atoms with E-state index in [4.69, 9.17) is 10.8 Å². The van der Waals surface area contributed by atoms with Crippen molar-refractivity contribution in [3.05, 3.63) is 35.4 Å². The normalized spacial score (nSPS) is 13.3. The third-order valence-corrected chi connectivity index (χ3v) is 2.30. The van der Waals surface area contributed by atoms with Gasteiger partial charge in [0.1, 0.15) is 0 Å². The first-order valence-electron chi connectivity index (χ1n) is 4.61. The van der Waals surface area contributed by atoms with Gasteiger partial charge in [-0.1, -0.05) is 38.1 Å². The molecule has 0 fully saturated rings. The molecule has 0 spiro atoms. The van der Waals surface area contributed by atoms with E-state index in [2.05, 4.69) is 13.8 Å². The molecule has 0 heterocycles. The molecule has 1 atom stereocenters. The third kappa shape index (κ3) is 2.29. The van der Waals surface area contributed by atoms with Crippen LogP contribution in [0.15, 0.2) is 24.3 Å². The number of benzene rings is 1. The van der Waals surface area contributed by atoms with Crippen molar-refractivity contribution in [1.82, 2.24) is 0 Å². The van der Waals surface area contributed by atoms with Crippen molar-refractivity contribution >= 4 is 0 Å².